The van der Waals surface area contributed by atoms with Gasteiger partial charge in [-0.1, -0.05) is 17.0 Å². The largest absolute Gasteiger partial charge is 0.507 e. The second kappa shape index (κ2) is 23.7. The van der Waals surface area contributed by atoms with Crippen molar-refractivity contribution in [2.75, 3.05) is 28.2 Å². The highest BCUT2D eigenvalue weighted by Gasteiger charge is 2.17. The summed E-state index contributed by atoms with van der Waals surface area (Å²) in [5.41, 5.74) is 1.65. The number of para-hydroxylation sites is 1. The van der Waals surface area contributed by atoms with Crippen LogP contribution in [-0.4, -0.2) is 118 Å². The van der Waals surface area contributed by atoms with E-state index in [0.29, 0.717) is 6.02 Å². The lowest BCUT2D eigenvalue weighted by atomic mass is 10.3. The quantitative estimate of drug-likeness (QED) is 0.0606. The van der Waals surface area contributed by atoms with Crippen molar-refractivity contribution in [3.05, 3.63) is 24.3 Å². The van der Waals surface area contributed by atoms with Crippen molar-refractivity contribution in [2.45, 2.75) is 0 Å². The first-order valence-corrected chi connectivity index (χ1v) is 18.8. The van der Waals surface area contributed by atoms with Crippen LogP contribution in [0, 0.1) is 0 Å². The Kier molecular flexibility index (Phi) is 27.6. The summed E-state index contributed by atoms with van der Waals surface area (Å²) < 4.78 is 116. The molecule has 1 heterocycles. The summed E-state index contributed by atoms with van der Waals surface area (Å²) in [4.78, 5) is 92.6. The molecule has 282 valence electrons. The van der Waals surface area contributed by atoms with Gasteiger partial charge < -0.3 is 0 Å². The topological polar surface area (TPSA) is 391 Å². The summed E-state index contributed by atoms with van der Waals surface area (Å²) in [5.74, 6) is 0. The fraction of sp³-hybridized carbons (Fsp3) is 0.364. The SMILES string of the molecule is CN(C)C(On1nnc2ccccc21)=[N+](C)C.O=P(O)(O)F.O=P(O)(O)F.O=P(O)(O)F.O=P(O)(O)F.O=P(O)(O)F.O=P(O)(O)F. The van der Waals surface area contributed by atoms with Gasteiger partial charge in [0, 0.05) is 0 Å². The molecule has 0 aliphatic heterocycles. The van der Waals surface area contributed by atoms with E-state index in [-0.39, 0.29) is 0 Å². The summed E-state index contributed by atoms with van der Waals surface area (Å²) in [7, 11) is -23.2. The van der Waals surface area contributed by atoms with E-state index in [1.165, 1.54) is 4.85 Å². The third kappa shape index (κ3) is 86.4. The molecule has 0 radical (unpaired) electrons. The van der Waals surface area contributed by atoms with Crippen LogP contribution in [0.25, 0.3) is 11.0 Å². The molecule has 0 saturated heterocycles. The van der Waals surface area contributed by atoms with E-state index in [2.05, 4.69) is 10.3 Å². The standard InChI is InChI=1S/C11H16N5O.6FH2O3P/c1-14(2)11(15(3)4)17-16-10-8-6-5-7-9(10)12-13-16;6*1-5(2,3)4/h5-8H,1-4H3;6*(H2,2,3,4)/q+1;;;;;;. The Morgan fingerprint density at radius 3 is 1.13 bits per heavy atom. The van der Waals surface area contributed by atoms with Crippen molar-refractivity contribution in [2.24, 2.45) is 0 Å². The van der Waals surface area contributed by atoms with Gasteiger partial charge in [-0.3, -0.25) is 63.6 Å². The van der Waals surface area contributed by atoms with Gasteiger partial charge in [-0.15, -0.1) is 30.3 Å². The number of amidine groups is 1. The Balaban J connectivity index is -0.000000164. The number of aromatic nitrogens is 3. The Bertz CT molecular complexity index is 1290. The predicted octanol–water partition coefficient (Wildman–Crippen LogP) is 0.341. The molecular weight excluding hydrogens is 806 g/mol. The molecular formula is C11H28F6N5O19P6+. The van der Waals surface area contributed by atoms with Crippen LogP contribution in [0.3, 0.4) is 0 Å². The average Bonchev–Trinajstić information content (AvgIpc) is 3.07. The van der Waals surface area contributed by atoms with Crippen molar-refractivity contribution >= 4 is 64.5 Å². The summed E-state index contributed by atoms with van der Waals surface area (Å²) >= 11 is 0. The van der Waals surface area contributed by atoms with Crippen molar-refractivity contribution in [1.82, 2.24) is 20.1 Å². The molecule has 47 heavy (non-hydrogen) atoms. The van der Waals surface area contributed by atoms with Gasteiger partial charge in [0.05, 0.1) is 28.2 Å². The minimum Gasteiger partial charge on any atom is -0.299 e. The van der Waals surface area contributed by atoms with E-state index in [4.69, 9.17) is 90.9 Å². The molecule has 12 N–H and O–H groups in total. The van der Waals surface area contributed by atoms with Crippen LogP contribution in [0.15, 0.2) is 24.3 Å². The molecule has 0 aliphatic rings. The zero-order chi connectivity index (χ0) is 39.4. The number of halogens is 6. The first-order valence-electron chi connectivity index (χ1n) is 9.81. The molecule has 0 bridgehead atoms. The fourth-order valence-electron chi connectivity index (χ4n) is 1.56. The van der Waals surface area contributed by atoms with Crippen LogP contribution >= 0.6 is 47.4 Å². The third-order valence-corrected chi connectivity index (χ3v) is 2.25. The lowest BCUT2D eigenvalue weighted by Crippen LogP contribution is -2.39. The highest BCUT2D eigenvalue weighted by molar-refractivity contribution is 7.46. The van der Waals surface area contributed by atoms with E-state index in [1.807, 2.05) is 61.9 Å². The normalized spacial score (nSPS) is 11.3. The highest BCUT2D eigenvalue weighted by Crippen LogP contribution is 2.37. The second-order valence-corrected chi connectivity index (χ2v) is 12.6. The molecule has 0 atom stereocenters. The predicted molar refractivity (Wildman–Crippen MR) is 144 cm³/mol. The number of hydrogen-bond donors (Lipinski definition) is 12. The monoisotopic (exact) mass is 834 g/mol. The smallest absolute Gasteiger partial charge is 0.299 e. The van der Waals surface area contributed by atoms with Gasteiger partial charge in [0.2, 0.25) is 0 Å². The maximum atomic E-state index is 10.4. The number of fused-ring (bicyclic) bond motifs is 1. The van der Waals surface area contributed by atoms with Gasteiger partial charge in [-0.2, -0.15) is 0 Å². The van der Waals surface area contributed by atoms with Gasteiger partial charge in [-0.25, -0.2) is 36.9 Å². The zero-order valence-electron chi connectivity index (χ0n) is 23.2. The van der Waals surface area contributed by atoms with Gasteiger partial charge >= 0.3 is 53.5 Å². The van der Waals surface area contributed by atoms with Crippen LogP contribution in [-0.2, 0) is 27.4 Å². The Morgan fingerprint density at radius 1 is 0.638 bits per heavy atom. The Hall–Kier alpha value is -1.63. The molecule has 36 heteroatoms. The molecule has 0 saturated carbocycles. The zero-order valence-corrected chi connectivity index (χ0v) is 28.6. The van der Waals surface area contributed by atoms with Crippen LogP contribution in [0.2, 0.25) is 0 Å². The Morgan fingerprint density at radius 2 is 0.894 bits per heavy atom. The summed E-state index contributed by atoms with van der Waals surface area (Å²) in [6, 6.07) is 8.34. The van der Waals surface area contributed by atoms with Gasteiger partial charge in [0.1, 0.15) is 11.0 Å². The van der Waals surface area contributed by atoms with Gasteiger partial charge in [-0.05, 0) is 17.3 Å². The van der Waals surface area contributed by atoms with Crippen molar-refractivity contribution in [1.29, 1.82) is 0 Å². The van der Waals surface area contributed by atoms with Crippen molar-refractivity contribution in [3.63, 3.8) is 0 Å². The van der Waals surface area contributed by atoms with Gasteiger partial charge in [0.25, 0.3) is 0 Å². The first kappa shape index (κ1) is 54.8. The van der Waals surface area contributed by atoms with E-state index >= 15 is 0 Å². The summed E-state index contributed by atoms with van der Waals surface area (Å²) in [6.45, 7) is 0. The highest BCUT2D eigenvalue weighted by atomic mass is 31.2. The number of hydrogen-bond acceptors (Lipinski definition) is 9. The van der Waals surface area contributed by atoms with Crippen molar-refractivity contribution in [3.8, 4) is 0 Å². The van der Waals surface area contributed by atoms with Crippen molar-refractivity contribution < 1.29 is 121 Å². The molecule has 0 fully saturated rings. The minimum atomic E-state index is -5.14. The first-order chi connectivity index (χ1) is 20.1. The van der Waals surface area contributed by atoms with E-state index < -0.39 is 47.4 Å². The lowest BCUT2D eigenvalue weighted by Gasteiger charge is -2.10. The minimum absolute atomic E-state index is 0.681. The fourth-order valence-corrected chi connectivity index (χ4v) is 1.56. The lowest BCUT2D eigenvalue weighted by molar-refractivity contribution is -0.480. The second-order valence-electron chi connectivity index (χ2n) is 6.95. The number of rotatable bonds is 1. The molecule has 2 aromatic rings. The van der Waals surface area contributed by atoms with Crippen LogP contribution in [0.1, 0.15) is 0 Å². The van der Waals surface area contributed by atoms with Crippen LogP contribution in [0.5, 0.6) is 0 Å². The molecule has 2 rings (SSSR count). The third-order valence-electron chi connectivity index (χ3n) is 2.25. The molecule has 0 amide bonds. The molecule has 0 spiro atoms. The van der Waals surface area contributed by atoms with E-state index in [0.717, 1.165) is 11.0 Å². The average molecular weight is 834 g/mol. The number of benzene rings is 1. The summed E-state index contributed by atoms with van der Waals surface area (Å²) in [6.07, 6.45) is 0. The summed E-state index contributed by atoms with van der Waals surface area (Å²) in [5, 5.41) is 8.00. The van der Waals surface area contributed by atoms with Crippen LogP contribution < -0.4 is 4.84 Å². The molecule has 1 aromatic carbocycles. The number of nitrogens with zero attached hydrogens (tertiary/aromatic N) is 5. The Labute approximate surface area is 258 Å². The molecule has 1 aromatic heterocycles. The maximum absolute atomic E-state index is 10.4. The maximum Gasteiger partial charge on any atom is 0.507 e. The van der Waals surface area contributed by atoms with E-state index in [1.54, 1.807) is 0 Å². The molecule has 0 aliphatic carbocycles. The van der Waals surface area contributed by atoms with E-state index in [9.17, 15) is 25.2 Å². The molecule has 0 unspecified atom stereocenters. The van der Waals surface area contributed by atoms with Crippen LogP contribution in [0.4, 0.5) is 25.2 Å². The molecule has 24 nitrogen and oxygen atoms in total. The van der Waals surface area contributed by atoms with Gasteiger partial charge in [0.15, 0.2) is 0 Å².